The van der Waals surface area contributed by atoms with Crippen molar-refractivity contribution in [3.8, 4) is 48.4 Å². The van der Waals surface area contributed by atoms with Crippen LogP contribution in [0.4, 0.5) is 0 Å². The maximum atomic E-state index is 13.3. The quantitative estimate of drug-likeness (QED) is 0.167. The van der Waals surface area contributed by atoms with Crippen molar-refractivity contribution in [2.75, 3.05) is 0 Å². The lowest BCUT2D eigenvalue weighted by atomic mass is 9.80. The highest BCUT2D eigenvalue weighted by Crippen LogP contribution is 2.35. The summed E-state index contributed by atoms with van der Waals surface area (Å²) < 4.78 is 22.1. The van der Waals surface area contributed by atoms with E-state index in [1.807, 2.05) is 0 Å². The van der Waals surface area contributed by atoms with Crippen molar-refractivity contribution in [2.24, 2.45) is 10.8 Å². The minimum absolute atomic E-state index is 0.318. The molecule has 0 saturated heterocycles. The van der Waals surface area contributed by atoms with E-state index in [4.69, 9.17) is 31.8 Å². The van der Waals surface area contributed by atoms with E-state index < -0.39 is 57.1 Å². The summed E-state index contributed by atoms with van der Waals surface area (Å²) in [5.74, 6) is 11.8. The van der Waals surface area contributed by atoms with Crippen LogP contribution in [-0.2, 0) is 38.1 Å². The Hall–Kier alpha value is -3.88. The fraction of sp³-hybridized carbons (Fsp3) is 0.647. The van der Waals surface area contributed by atoms with Crippen LogP contribution in [0.2, 0.25) is 0 Å². The second-order valence-electron chi connectivity index (χ2n) is 13.9. The van der Waals surface area contributed by atoms with Crippen molar-refractivity contribution in [2.45, 2.75) is 131 Å². The molecule has 0 spiro atoms. The van der Waals surface area contributed by atoms with E-state index in [9.17, 15) is 19.2 Å². The van der Waals surface area contributed by atoms with Crippen molar-refractivity contribution in [1.82, 2.24) is 0 Å². The number of carbonyl (C=O) groups is 4. The first-order valence-electron chi connectivity index (χ1n) is 13.6. The van der Waals surface area contributed by atoms with Crippen LogP contribution >= 0.6 is 0 Å². The van der Waals surface area contributed by atoms with Crippen LogP contribution in [0.3, 0.4) is 0 Å². The molecule has 0 aromatic rings. The van der Waals surface area contributed by atoms with Crippen LogP contribution < -0.4 is 0 Å². The molecule has 0 N–H and O–H groups in total. The molecule has 0 radical (unpaired) electrons. The Bertz CT molecular complexity index is 1070. The van der Waals surface area contributed by atoms with Gasteiger partial charge in [0.25, 0.3) is 0 Å². The first-order chi connectivity index (χ1) is 18.8. The van der Waals surface area contributed by atoms with E-state index in [1.54, 1.807) is 83.1 Å². The topological polar surface area (TPSA) is 105 Å². The average Bonchev–Trinajstić information content (AvgIpc) is 2.74. The van der Waals surface area contributed by atoms with Gasteiger partial charge in [-0.3, -0.25) is 19.2 Å². The number of hydrogen-bond donors (Lipinski definition) is 0. The second-order valence-corrected chi connectivity index (χ2v) is 13.9. The number of carbonyl (C=O) groups excluding carboxylic acids is 4. The van der Waals surface area contributed by atoms with Crippen molar-refractivity contribution in [1.29, 1.82) is 0 Å². The zero-order chi connectivity index (χ0) is 33.2. The van der Waals surface area contributed by atoms with Gasteiger partial charge in [0.1, 0.15) is 22.4 Å². The molecule has 8 nitrogen and oxygen atoms in total. The van der Waals surface area contributed by atoms with Crippen LogP contribution in [0.25, 0.3) is 0 Å². The molecule has 0 unspecified atom stereocenters. The summed E-state index contributed by atoms with van der Waals surface area (Å²) in [7, 11) is 0. The van der Waals surface area contributed by atoms with Crippen molar-refractivity contribution < 1.29 is 38.1 Å². The molecule has 8 heteroatoms. The Morgan fingerprint density at radius 1 is 0.452 bits per heavy atom. The summed E-state index contributed by atoms with van der Waals surface area (Å²) in [6.07, 6.45) is 9.77. The van der Waals surface area contributed by atoms with E-state index >= 15 is 0 Å². The van der Waals surface area contributed by atoms with Gasteiger partial charge in [-0.2, -0.15) is 0 Å². The molecule has 0 aliphatic rings. The summed E-state index contributed by atoms with van der Waals surface area (Å²) in [5, 5.41) is 0. The maximum Gasteiger partial charge on any atom is 0.326 e. The van der Waals surface area contributed by atoms with Gasteiger partial charge in [-0.25, -0.2) is 0 Å². The lowest BCUT2D eigenvalue weighted by molar-refractivity contribution is -0.186. The van der Waals surface area contributed by atoms with Crippen molar-refractivity contribution in [3.63, 3.8) is 0 Å². The molecular formula is C34H46O8. The normalized spacial score (nSPS) is 12.1. The molecule has 0 aliphatic carbocycles. The van der Waals surface area contributed by atoms with E-state index in [2.05, 4.69) is 35.5 Å². The van der Waals surface area contributed by atoms with Crippen LogP contribution in [0, 0.1) is 59.2 Å². The van der Waals surface area contributed by atoms with Gasteiger partial charge in [-0.05, 0) is 94.9 Å². The first-order valence-corrected chi connectivity index (χ1v) is 13.6. The van der Waals surface area contributed by atoms with Crippen LogP contribution in [0.5, 0.6) is 0 Å². The molecule has 0 bridgehead atoms. The molecule has 0 aromatic carbocycles. The third-order valence-electron chi connectivity index (χ3n) is 4.99. The lowest BCUT2D eigenvalue weighted by Gasteiger charge is -2.32. The molecular weight excluding hydrogens is 536 g/mol. The molecule has 0 amide bonds. The van der Waals surface area contributed by atoms with E-state index in [0.717, 1.165) is 0 Å². The third kappa shape index (κ3) is 12.7. The van der Waals surface area contributed by atoms with Crippen molar-refractivity contribution >= 4 is 23.9 Å². The van der Waals surface area contributed by atoms with Gasteiger partial charge in [0.15, 0.2) is 10.8 Å². The van der Waals surface area contributed by atoms with Crippen LogP contribution in [0.1, 0.15) is 109 Å². The Kier molecular flexibility index (Phi) is 13.0. The van der Waals surface area contributed by atoms with Gasteiger partial charge in [-0.1, -0.05) is 11.8 Å². The molecule has 0 fully saturated rings. The summed E-state index contributed by atoms with van der Waals surface area (Å²) in [5.41, 5.74) is -7.42. The zero-order valence-corrected chi connectivity index (χ0v) is 27.2. The Labute approximate surface area is 252 Å². The van der Waals surface area contributed by atoms with Gasteiger partial charge in [0, 0.05) is 25.7 Å². The summed E-state index contributed by atoms with van der Waals surface area (Å²) in [6.45, 7) is 19.9. The Balaban J connectivity index is 6.57. The Morgan fingerprint density at radius 3 is 0.833 bits per heavy atom. The Morgan fingerprint density at radius 2 is 0.667 bits per heavy atom. The molecule has 0 aliphatic heterocycles. The predicted molar refractivity (Wildman–Crippen MR) is 160 cm³/mol. The summed E-state index contributed by atoms with van der Waals surface area (Å²) in [4.78, 5) is 53.0. The largest absolute Gasteiger partial charge is 0.459 e. The van der Waals surface area contributed by atoms with Gasteiger partial charge in [-0.15, -0.1) is 24.7 Å². The smallest absolute Gasteiger partial charge is 0.326 e. The maximum absolute atomic E-state index is 13.3. The third-order valence-corrected chi connectivity index (χ3v) is 4.99. The number of esters is 4. The molecule has 42 heavy (non-hydrogen) atoms. The standard InChI is InChI=1S/C34H46O8/c1-15-21-33(25(35)39-29(3,4)5,26(36)40-30(6,7)8)23-19-17-18-20-24-34(22-16-2,27(37)41-31(9,10)11)28(38)42-32(12,13)14/h1-2H,21-24H2,3-14H3. The molecule has 230 valence electrons. The van der Waals surface area contributed by atoms with Crippen LogP contribution in [-0.4, -0.2) is 46.3 Å². The van der Waals surface area contributed by atoms with E-state index in [0.29, 0.717) is 0 Å². The second kappa shape index (κ2) is 14.3. The van der Waals surface area contributed by atoms with Crippen LogP contribution in [0.15, 0.2) is 0 Å². The number of terminal acetylenes is 2. The van der Waals surface area contributed by atoms with Gasteiger partial charge in [0.2, 0.25) is 0 Å². The fourth-order valence-electron chi connectivity index (χ4n) is 3.20. The SMILES string of the molecule is C#CCC(CC#CC#CCC(CC#C)(C(=O)OC(C)(C)C)C(=O)OC(C)(C)C)(C(=O)OC(C)(C)C)C(=O)OC(C)(C)C. The number of rotatable bonds is 8. The highest BCUT2D eigenvalue weighted by atomic mass is 16.6. The minimum atomic E-state index is -1.90. The zero-order valence-electron chi connectivity index (χ0n) is 27.2. The minimum Gasteiger partial charge on any atom is -0.459 e. The highest BCUT2D eigenvalue weighted by molar-refractivity contribution is 6.02. The van der Waals surface area contributed by atoms with E-state index in [-0.39, 0.29) is 25.7 Å². The summed E-state index contributed by atoms with van der Waals surface area (Å²) in [6, 6.07) is 0. The molecule has 0 saturated carbocycles. The summed E-state index contributed by atoms with van der Waals surface area (Å²) >= 11 is 0. The monoisotopic (exact) mass is 582 g/mol. The average molecular weight is 583 g/mol. The molecule has 0 aromatic heterocycles. The molecule has 0 rings (SSSR count). The molecule has 0 heterocycles. The number of ether oxygens (including phenoxy) is 4. The van der Waals surface area contributed by atoms with Gasteiger partial charge < -0.3 is 18.9 Å². The first kappa shape index (κ1) is 38.1. The van der Waals surface area contributed by atoms with Gasteiger partial charge >= 0.3 is 23.9 Å². The predicted octanol–water partition coefficient (Wildman–Crippen LogP) is 5.16. The van der Waals surface area contributed by atoms with E-state index in [1.165, 1.54) is 0 Å². The van der Waals surface area contributed by atoms with Crippen molar-refractivity contribution in [3.05, 3.63) is 0 Å². The fourth-order valence-corrected chi connectivity index (χ4v) is 3.20. The molecule has 0 atom stereocenters. The number of hydrogen-bond acceptors (Lipinski definition) is 8. The van der Waals surface area contributed by atoms with Gasteiger partial charge in [0.05, 0.1) is 0 Å². The lowest BCUT2D eigenvalue weighted by Crippen LogP contribution is -2.46. The highest BCUT2D eigenvalue weighted by Gasteiger charge is 2.51.